The maximum absolute atomic E-state index is 11.8. The van der Waals surface area contributed by atoms with Crippen LogP contribution in [0.5, 0.6) is 0 Å². The minimum atomic E-state index is -0.192. The molecule has 0 aliphatic heterocycles. The first-order valence-corrected chi connectivity index (χ1v) is 7.16. The third-order valence-electron chi connectivity index (χ3n) is 2.91. The second kappa shape index (κ2) is 6.20. The molecule has 2 nitrogen and oxygen atoms in total. The Labute approximate surface area is 119 Å². The van der Waals surface area contributed by atoms with E-state index in [0.717, 1.165) is 22.4 Å². The molecule has 1 atom stereocenters. The van der Waals surface area contributed by atoms with Gasteiger partial charge in [0.25, 0.3) is 5.97 Å². The molecule has 1 aromatic carbocycles. The third-order valence-corrected chi connectivity index (χ3v) is 4.17. The van der Waals surface area contributed by atoms with Crippen LogP contribution >= 0.6 is 11.3 Å². The van der Waals surface area contributed by atoms with E-state index in [9.17, 15) is 4.79 Å². The van der Waals surface area contributed by atoms with Crippen LogP contribution in [0.4, 0.5) is 0 Å². The lowest BCUT2D eigenvalue weighted by atomic mass is 9.97. The predicted octanol–water partition coefficient (Wildman–Crippen LogP) is 3.54. The molecule has 90 valence electrons. The molecule has 0 fully saturated rings. The summed E-state index contributed by atoms with van der Waals surface area (Å²) < 4.78 is 4.80. The van der Waals surface area contributed by atoms with Crippen molar-refractivity contribution in [2.75, 3.05) is 0 Å². The summed E-state index contributed by atoms with van der Waals surface area (Å²) in [5, 5.41) is 2.02. The molecule has 1 unspecified atom stereocenters. The van der Waals surface area contributed by atoms with Gasteiger partial charge < -0.3 is 3.79 Å². The number of carbonyl (C=O) groups is 1. The fourth-order valence-electron chi connectivity index (χ4n) is 1.99. The zero-order valence-corrected chi connectivity index (χ0v) is 12.1. The van der Waals surface area contributed by atoms with Crippen LogP contribution in [0, 0.1) is 0 Å². The number of hydrogen-bond acceptors (Lipinski definition) is 3. The number of benzene rings is 1. The molecule has 0 aliphatic rings. The van der Waals surface area contributed by atoms with Gasteiger partial charge in [0.1, 0.15) is 0 Å². The molecule has 0 saturated carbocycles. The van der Waals surface area contributed by atoms with Gasteiger partial charge in [-0.2, -0.15) is 0 Å². The molecule has 1 aromatic heterocycles. The molecule has 0 spiro atoms. The minimum Gasteiger partial charge on any atom is -0.628 e. The van der Waals surface area contributed by atoms with Gasteiger partial charge in [-0.25, -0.2) is 0 Å². The average molecular weight is 272 g/mol. The Morgan fingerprint density at radius 1 is 1.33 bits per heavy atom. The molecule has 0 bridgehead atoms. The lowest BCUT2D eigenvalue weighted by molar-refractivity contribution is -0.135. The summed E-state index contributed by atoms with van der Waals surface area (Å²) in [4.78, 5) is 12.9. The Bertz CT molecular complexity index is 522. The average Bonchev–Trinajstić information content (AvgIpc) is 2.89. The number of rotatable bonds is 4. The molecular formula is C14H13AlO2S. The van der Waals surface area contributed by atoms with Crippen molar-refractivity contribution in [2.45, 2.75) is 19.3 Å². The maximum Gasteiger partial charge on any atom is 0.484 e. The van der Waals surface area contributed by atoms with E-state index in [-0.39, 0.29) is 11.9 Å². The Hall–Kier alpha value is -1.08. The summed E-state index contributed by atoms with van der Waals surface area (Å²) in [5.41, 5.74) is 2.27. The summed E-state index contributed by atoms with van der Waals surface area (Å²) >= 11 is 3.65. The standard InChI is InChI=1S/C14H14O2S.Al/c1-2-11(14(15)16)13-12(8-9-17-13)10-6-4-3-5-7-10;/h3-9,11H,2H2,1H3,(H,15,16);/q;+1/p-1. The summed E-state index contributed by atoms with van der Waals surface area (Å²) in [5.74, 6) is -0.375. The Morgan fingerprint density at radius 2 is 2.06 bits per heavy atom. The van der Waals surface area contributed by atoms with Gasteiger partial charge in [-0.15, -0.1) is 11.3 Å². The lowest BCUT2D eigenvalue weighted by Gasteiger charge is -2.14. The van der Waals surface area contributed by atoms with Gasteiger partial charge in [0.05, 0.1) is 5.92 Å². The van der Waals surface area contributed by atoms with Crippen LogP contribution in [0.15, 0.2) is 41.8 Å². The first-order chi connectivity index (χ1) is 8.77. The van der Waals surface area contributed by atoms with Crippen molar-refractivity contribution in [1.82, 2.24) is 0 Å². The smallest absolute Gasteiger partial charge is 0.484 e. The van der Waals surface area contributed by atoms with Crippen LogP contribution in [0.2, 0.25) is 0 Å². The van der Waals surface area contributed by atoms with E-state index in [1.165, 1.54) is 0 Å². The molecule has 0 N–H and O–H groups in total. The number of thiophene rings is 1. The second-order valence-corrected chi connectivity index (χ2v) is 5.15. The van der Waals surface area contributed by atoms with Crippen LogP contribution in [0.3, 0.4) is 0 Å². The molecule has 2 rings (SSSR count). The van der Waals surface area contributed by atoms with E-state index >= 15 is 0 Å². The van der Waals surface area contributed by atoms with Crippen molar-refractivity contribution in [3.05, 3.63) is 46.7 Å². The van der Waals surface area contributed by atoms with Gasteiger partial charge in [-0.3, -0.25) is 4.79 Å². The number of hydrogen-bond donors (Lipinski definition) is 0. The molecule has 4 heteroatoms. The van der Waals surface area contributed by atoms with Crippen molar-refractivity contribution in [1.29, 1.82) is 0 Å². The molecular weight excluding hydrogens is 259 g/mol. The largest absolute Gasteiger partial charge is 0.628 e. The highest BCUT2D eigenvalue weighted by atomic mass is 32.1. The first kappa shape index (κ1) is 13.4. The fraction of sp³-hybridized carbons (Fsp3) is 0.214. The normalized spacial score (nSPS) is 12.1. The van der Waals surface area contributed by atoms with Gasteiger partial charge in [0.2, 0.25) is 0 Å². The highest BCUT2D eigenvalue weighted by molar-refractivity contribution is 7.10. The fourth-order valence-corrected chi connectivity index (χ4v) is 3.24. The van der Waals surface area contributed by atoms with Gasteiger partial charge in [-0.1, -0.05) is 37.3 Å². The van der Waals surface area contributed by atoms with E-state index in [1.54, 1.807) is 11.3 Å². The van der Waals surface area contributed by atoms with Gasteiger partial charge in [0, 0.05) is 4.88 Å². The van der Waals surface area contributed by atoms with Crippen molar-refractivity contribution >= 4 is 33.9 Å². The van der Waals surface area contributed by atoms with Crippen LogP contribution in [-0.4, -0.2) is 22.6 Å². The van der Waals surface area contributed by atoms with Crippen LogP contribution < -0.4 is 0 Å². The van der Waals surface area contributed by atoms with E-state index in [4.69, 9.17) is 3.79 Å². The Balaban J connectivity index is 2.41. The zero-order valence-electron chi connectivity index (χ0n) is 10.1. The third kappa shape index (κ3) is 2.67. The predicted molar refractivity (Wildman–Crippen MR) is 74.6 cm³/mol. The molecule has 1 heterocycles. The molecule has 2 radical (unpaired) electrons. The molecule has 0 aliphatic carbocycles. The summed E-state index contributed by atoms with van der Waals surface area (Å²) in [6.07, 6.45) is 0.744. The topological polar surface area (TPSA) is 26.3 Å². The van der Waals surface area contributed by atoms with E-state index in [2.05, 4.69) is 18.2 Å². The number of carbonyl (C=O) groups excluding carboxylic acids is 1. The Kier molecular flexibility index (Phi) is 4.60. The van der Waals surface area contributed by atoms with Crippen LogP contribution in [-0.2, 0) is 8.58 Å². The molecule has 2 aromatic rings. The first-order valence-electron chi connectivity index (χ1n) is 5.81. The highest BCUT2D eigenvalue weighted by Gasteiger charge is 2.22. The van der Waals surface area contributed by atoms with Crippen molar-refractivity contribution in [3.63, 3.8) is 0 Å². The quantitative estimate of drug-likeness (QED) is 0.796. The van der Waals surface area contributed by atoms with Gasteiger partial charge >= 0.3 is 16.6 Å². The van der Waals surface area contributed by atoms with Gasteiger partial charge in [0.15, 0.2) is 0 Å². The van der Waals surface area contributed by atoms with Gasteiger partial charge in [-0.05, 0) is 29.0 Å². The van der Waals surface area contributed by atoms with E-state index in [1.807, 2.05) is 47.1 Å². The highest BCUT2D eigenvalue weighted by Crippen LogP contribution is 2.36. The van der Waals surface area contributed by atoms with Crippen molar-refractivity contribution < 1.29 is 8.58 Å². The maximum atomic E-state index is 11.8. The molecule has 0 saturated heterocycles. The summed E-state index contributed by atoms with van der Waals surface area (Å²) in [6, 6.07) is 12.2. The second-order valence-electron chi connectivity index (χ2n) is 3.96. The SMILES string of the molecule is CCC(C(=O)[O][Al])c1sccc1-c1ccccc1. The zero-order chi connectivity index (χ0) is 13.0. The summed E-state index contributed by atoms with van der Waals surface area (Å²) in [7, 11) is 0. The lowest BCUT2D eigenvalue weighted by Crippen LogP contribution is -2.13. The monoisotopic (exact) mass is 272 g/mol. The van der Waals surface area contributed by atoms with Crippen molar-refractivity contribution in [2.24, 2.45) is 0 Å². The van der Waals surface area contributed by atoms with Crippen molar-refractivity contribution in [3.8, 4) is 11.1 Å². The molecule has 18 heavy (non-hydrogen) atoms. The van der Waals surface area contributed by atoms with E-state index in [0.29, 0.717) is 0 Å². The Morgan fingerprint density at radius 3 is 2.67 bits per heavy atom. The van der Waals surface area contributed by atoms with Crippen LogP contribution in [0.1, 0.15) is 24.1 Å². The van der Waals surface area contributed by atoms with Crippen LogP contribution in [0.25, 0.3) is 11.1 Å². The van der Waals surface area contributed by atoms with E-state index < -0.39 is 0 Å². The summed E-state index contributed by atoms with van der Waals surface area (Å²) in [6.45, 7) is 2.00. The minimum absolute atomic E-state index is 0.183. The molecule has 0 amide bonds.